The Bertz CT molecular complexity index is 949. The van der Waals surface area contributed by atoms with E-state index < -0.39 is 11.2 Å². The number of aryl methyl sites for hydroxylation is 2. The van der Waals surface area contributed by atoms with Gasteiger partial charge in [0.25, 0.3) is 5.56 Å². The number of H-pyrrole nitrogens is 1. The van der Waals surface area contributed by atoms with Crippen LogP contribution in [0.25, 0.3) is 0 Å². The van der Waals surface area contributed by atoms with Gasteiger partial charge in [-0.3, -0.25) is 19.1 Å². The van der Waals surface area contributed by atoms with Crippen molar-refractivity contribution in [1.82, 2.24) is 9.55 Å². The van der Waals surface area contributed by atoms with Gasteiger partial charge in [0.2, 0.25) is 5.78 Å². The van der Waals surface area contributed by atoms with E-state index in [9.17, 15) is 14.4 Å². The smallest absolute Gasteiger partial charge is 0.287 e. The van der Waals surface area contributed by atoms with Crippen molar-refractivity contribution >= 4 is 5.78 Å². The van der Waals surface area contributed by atoms with Crippen LogP contribution in [-0.2, 0) is 13.0 Å². The number of nitrogens with one attached hydrogen (secondary N) is 1. The zero-order valence-corrected chi connectivity index (χ0v) is 14.3. The first-order valence-electron chi connectivity index (χ1n) is 7.77. The van der Waals surface area contributed by atoms with E-state index in [-0.39, 0.29) is 18.0 Å². The summed E-state index contributed by atoms with van der Waals surface area (Å²) in [7, 11) is 0. The van der Waals surface area contributed by atoms with Gasteiger partial charge >= 0.3 is 5.69 Å². The van der Waals surface area contributed by atoms with Gasteiger partial charge in [-0.1, -0.05) is 30.0 Å². The highest BCUT2D eigenvalue weighted by molar-refractivity contribution is 6.09. The lowest BCUT2D eigenvalue weighted by atomic mass is 9.99. The maximum atomic E-state index is 13.1. The third-order valence-corrected chi connectivity index (χ3v) is 3.76. The van der Waals surface area contributed by atoms with Crippen molar-refractivity contribution in [3.05, 3.63) is 67.0 Å². The molecule has 0 aliphatic rings. The minimum atomic E-state index is -0.618. The van der Waals surface area contributed by atoms with Crippen LogP contribution >= 0.6 is 0 Å². The Balaban J connectivity index is 2.78. The average Bonchev–Trinajstić information content (AvgIpc) is 2.51. The van der Waals surface area contributed by atoms with Gasteiger partial charge in [-0.2, -0.15) is 0 Å². The number of nitrogens with zero attached hydrogens (tertiary/aromatic N) is 1. The van der Waals surface area contributed by atoms with Crippen LogP contribution in [0.5, 0.6) is 0 Å². The van der Waals surface area contributed by atoms with E-state index in [2.05, 4.69) is 16.8 Å². The van der Waals surface area contributed by atoms with Crippen molar-refractivity contribution in [3.63, 3.8) is 0 Å². The molecule has 2 aromatic rings. The molecule has 24 heavy (non-hydrogen) atoms. The molecule has 0 radical (unpaired) electrons. The van der Waals surface area contributed by atoms with Gasteiger partial charge in [-0.15, -0.1) is 5.92 Å². The number of carbonyl (C=O) groups is 1. The highest BCUT2D eigenvalue weighted by Gasteiger charge is 2.21. The molecule has 0 bridgehead atoms. The van der Waals surface area contributed by atoms with Crippen molar-refractivity contribution in [1.29, 1.82) is 0 Å². The SMILES string of the molecule is CC#CCn1c(C(=O)c2cc(C)cc(C)c2)c(CC)c(=O)[nH]c1=O. The van der Waals surface area contributed by atoms with Gasteiger partial charge in [-0.05, 0) is 39.3 Å². The van der Waals surface area contributed by atoms with Crippen molar-refractivity contribution in [2.75, 3.05) is 0 Å². The monoisotopic (exact) mass is 324 g/mol. The van der Waals surface area contributed by atoms with Crippen LogP contribution in [0.4, 0.5) is 0 Å². The molecule has 0 unspecified atom stereocenters. The lowest BCUT2D eigenvalue weighted by molar-refractivity contribution is 0.102. The van der Waals surface area contributed by atoms with E-state index in [1.165, 1.54) is 4.57 Å². The van der Waals surface area contributed by atoms with E-state index in [1.54, 1.807) is 26.0 Å². The summed E-state index contributed by atoms with van der Waals surface area (Å²) in [6, 6.07) is 5.48. The van der Waals surface area contributed by atoms with Crippen LogP contribution < -0.4 is 11.2 Å². The van der Waals surface area contributed by atoms with Crippen LogP contribution in [0.3, 0.4) is 0 Å². The van der Waals surface area contributed by atoms with Crippen LogP contribution in [0, 0.1) is 25.7 Å². The number of hydrogen-bond donors (Lipinski definition) is 1. The minimum Gasteiger partial charge on any atom is -0.287 e. The Morgan fingerprint density at radius 1 is 1.17 bits per heavy atom. The topological polar surface area (TPSA) is 71.9 Å². The Labute approximate surface area is 140 Å². The largest absolute Gasteiger partial charge is 0.329 e. The van der Waals surface area contributed by atoms with Gasteiger partial charge in [0.1, 0.15) is 5.69 Å². The second kappa shape index (κ2) is 7.14. The Morgan fingerprint density at radius 2 is 1.79 bits per heavy atom. The number of ketones is 1. The Morgan fingerprint density at radius 3 is 2.33 bits per heavy atom. The lowest BCUT2D eigenvalue weighted by Crippen LogP contribution is -2.37. The predicted molar refractivity (Wildman–Crippen MR) is 93.5 cm³/mol. The van der Waals surface area contributed by atoms with E-state index in [0.717, 1.165) is 11.1 Å². The fourth-order valence-corrected chi connectivity index (χ4v) is 2.75. The van der Waals surface area contributed by atoms with Crippen molar-refractivity contribution < 1.29 is 4.79 Å². The van der Waals surface area contributed by atoms with E-state index in [4.69, 9.17) is 0 Å². The molecule has 0 saturated carbocycles. The van der Waals surface area contributed by atoms with Gasteiger partial charge in [0.05, 0.1) is 6.54 Å². The van der Waals surface area contributed by atoms with E-state index in [1.807, 2.05) is 19.9 Å². The number of aromatic nitrogens is 2. The Hall–Kier alpha value is -2.87. The van der Waals surface area contributed by atoms with Crippen LogP contribution in [-0.4, -0.2) is 15.3 Å². The summed E-state index contributed by atoms with van der Waals surface area (Å²) in [5.74, 6) is 5.16. The van der Waals surface area contributed by atoms with Gasteiger partial charge in [0, 0.05) is 11.1 Å². The summed E-state index contributed by atoms with van der Waals surface area (Å²) in [6.45, 7) is 7.30. The quantitative estimate of drug-likeness (QED) is 0.690. The fraction of sp³-hybridized carbons (Fsp3) is 0.316. The molecule has 1 N–H and O–H groups in total. The van der Waals surface area contributed by atoms with E-state index in [0.29, 0.717) is 17.5 Å². The predicted octanol–water partition coefficient (Wildman–Crippen LogP) is 1.97. The molecule has 0 atom stereocenters. The maximum Gasteiger partial charge on any atom is 0.329 e. The molecule has 0 amide bonds. The van der Waals surface area contributed by atoms with Crippen molar-refractivity contribution in [2.45, 2.75) is 40.7 Å². The molecule has 5 heteroatoms. The number of rotatable bonds is 4. The second-order valence-electron chi connectivity index (χ2n) is 5.66. The molecule has 2 rings (SSSR count). The number of carbonyl (C=O) groups excluding carboxylic acids is 1. The zero-order chi connectivity index (χ0) is 17.9. The molecule has 1 aromatic heterocycles. The van der Waals surface area contributed by atoms with Crippen LogP contribution in [0.15, 0.2) is 27.8 Å². The standard InChI is InChI=1S/C19H20N2O3/c1-5-7-8-21-16(15(6-2)18(23)20-19(21)24)17(22)14-10-12(3)9-13(4)11-14/h9-11H,6,8H2,1-4H3,(H,20,23,24). The molecule has 0 spiro atoms. The summed E-state index contributed by atoms with van der Waals surface area (Å²) in [5.41, 5.74) is 1.65. The van der Waals surface area contributed by atoms with Crippen molar-refractivity contribution in [2.24, 2.45) is 0 Å². The summed E-state index contributed by atoms with van der Waals surface area (Å²) in [6.07, 6.45) is 0.348. The van der Waals surface area contributed by atoms with E-state index >= 15 is 0 Å². The Kier molecular flexibility index (Phi) is 5.20. The maximum absolute atomic E-state index is 13.1. The van der Waals surface area contributed by atoms with Crippen LogP contribution in [0.1, 0.15) is 46.6 Å². The van der Waals surface area contributed by atoms with Gasteiger partial charge < -0.3 is 0 Å². The van der Waals surface area contributed by atoms with Gasteiger partial charge in [-0.25, -0.2) is 4.79 Å². The third kappa shape index (κ3) is 3.38. The number of benzene rings is 1. The second-order valence-corrected chi connectivity index (χ2v) is 5.66. The first-order valence-corrected chi connectivity index (χ1v) is 7.77. The minimum absolute atomic E-state index is 0.0605. The zero-order valence-electron chi connectivity index (χ0n) is 14.3. The average molecular weight is 324 g/mol. The molecule has 0 saturated heterocycles. The molecule has 1 heterocycles. The molecule has 5 nitrogen and oxygen atoms in total. The molecule has 0 fully saturated rings. The molecule has 0 aliphatic carbocycles. The molecule has 0 aliphatic heterocycles. The highest BCUT2D eigenvalue weighted by Crippen LogP contribution is 2.15. The molecular weight excluding hydrogens is 304 g/mol. The van der Waals surface area contributed by atoms with Gasteiger partial charge in [0.15, 0.2) is 0 Å². The summed E-state index contributed by atoms with van der Waals surface area (Å²) in [4.78, 5) is 39.6. The first kappa shape index (κ1) is 17.5. The number of hydrogen-bond acceptors (Lipinski definition) is 3. The first-order chi connectivity index (χ1) is 11.4. The van der Waals surface area contributed by atoms with Crippen LogP contribution in [0.2, 0.25) is 0 Å². The summed E-state index contributed by atoms with van der Waals surface area (Å²) < 4.78 is 1.25. The molecule has 124 valence electrons. The normalized spacial score (nSPS) is 10.2. The third-order valence-electron chi connectivity index (χ3n) is 3.76. The molecule has 1 aromatic carbocycles. The van der Waals surface area contributed by atoms with Crippen molar-refractivity contribution in [3.8, 4) is 11.8 Å². The molecular formula is C19H20N2O3. The lowest BCUT2D eigenvalue weighted by Gasteiger charge is -2.13. The number of aromatic amines is 1. The highest BCUT2D eigenvalue weighted by atomic mass is 16.2. The summed E-state index contributed by atoms with van der Waals surface area (Å²) >= 11 is 0. The summed E-state index contributed by atoms with van der Waals surface area (Å²) in [5, 5.41) is 0. The fourth-order valence-electron chi connectivity index (χ4n) is 2.75.